The van der Waals surface area contributed by atoms with Crippen LogP contribution in [0.25, 0.3) is 21.6 Å². The van der Waals surface area contributed by atoms with Crippen LogP contribution in [-0.2, 0) is 21.4 Å². The summed E-state index contributed by atoms with van der Waals surface area (Å²) in [6.07, 6.45) is -1.56. The summed E-state index contributed by atoms with van der Waals surface area (Å²) in [5.74, 6) is -1.11. The molecule has 1 aliphatic carbocycles. The Morgan fingerprint density at radius 3 is 2.38 bits per heavy atom. The lowest BCUT2D eigenvalue weighted by atomic mass is 10.1. The second kappa shape index (κ2) is 10.0. The van der Waals surface area contributed by atoms with Gasteiger partial charge in [-0.25, -0.2) is 26.3 Å². The monoisotopic (exact) mass is 585 g/mol. The standard InChI is InChI=1S/C24H30F3N7O3S2/c1-5-34-18-14(17(30-34)21-28-29-22(38-21)20(26)27)12-15(39(36,37)31-24(4)6-7-24)16(25)19(18)32-8-10-33(11-9-32)23(35)13(2)3/h12-13,20,31H,5-11H2,1-4H3. The number of nitrogens with one attached hydrogen (secondary N) is 1. The number of anilines is 1. The van der Waals surface area contributed by atoms with E-state index >= 15 is 4.39 Å². The van der Waals surface area contributed by atoms with Gasteiger partial charge in [0, 0.05) is 49.6 Å². The van der Waals surface area contributed by atoms with E-state index in [0.29, 0.717) is 49.3 Å². The minimum absolute atomic E-state index is 0.00883. The molecule has 1 aliphatic heterocycles. The molecule has 1 amide bonds. The molecule has 3 aromatic rings. The molecule has 0 unspecified atom stereocenters. The highest BCUT2D eigenvalue weighted by molar-refractivity contribution is 7.89. The van der Waals surface area contributed by atoms with Crippen molar-refractivity contribution in [2.45, 2.75) is 63.9 Å². The van der Waals surface area contributed by atoms with E-state index in [1.807, 2.05) is 13.8 Å². The van der Waals surface area contributed by atoms with Crippen LogP contribution in [0.4, 0.5) is 18.9 Å². The first-order valence-corrected chi connectivity index (χ1v) is 15.1. The number of alkyl halides is 2. The number of nitrogens with zero attached hydrogens (tertiary/aromatic N) is 6. The zero-order valence-corrected chi connectivity index (χ0v) is 23.7. The molecule has 0 spiro atoms. The molecular weight excluding hydrogens is 555 g/mol. The van der Waals surface area contributed by atoms with Crippen molar-refractivity contribution in [3.05, 3.63) is 16.9 Å². The Kier molecular flexibility index (Phi) is 7.12. The molecule has 3 heterocycles. The quantitative estimate of drug-likeness (QED) is 0.428. The number of benzene rings is 1. The molecule has 212 valence electrons. The van der Waals surface area contributed by atoms with Gasteiger partial charge in [0.15, 0.2) is 15.8 Å². The normalized spacial score (nSPS) is 17.6. The van der Waals surface area contributed by atoms with E-state index in [0.717, 1.165) is 0 Å². The van der Waals surface area contributed by atoms with Gasteiger partial charge in [-0.3, -0.25) is 9.48 Å². The Bertz CT molecular complexity index is 1530. The highest BCUT2D eigenvalue weighted by atomic mass is 32.2. The number of hydrogen-bond acceptors (Lipinski definition) is 8. The number of hydrogen-bond donors (Lipinski definition) is 1. The molecule has 2 aliphatic rings. The lowest BCUT2D eigenvalue weighted by Gasteiger charge is -2.37. The number of fused-ring (bicyclic) bond motifs is 1. The zero-order valence-electron chi connectivity index (χ0n) is 22.0. The van der Waals surface area contributed by atoms with Gasteiger partial charge in [0.1, 0.15) is 16.3 Å². The summed E-state index contributed by atoms with van der Waals surface area (Å²) in [5, 5.41) is 11.8. The van der Waals surface area contributed by atoms with Crippen molar-refractivity contribution < 1.29 is 26.4 Å². The first-order chi connectivity index (χ1) is 18.3. The second-order valence-electron chi connectivity index (χ2n) is 10.5. The van der Waals surface area contributed by atoms with Crippen molar-refractivity contribution >= 4 is 43.9 Å². The third kappa shape index (κ3) is 5.11. The Hall–Kier alpha value is -2.78. The average Bonchev–Trinajstić information content (AvgIpc) is 3.27. The van der Waals surface area contributed by atoms with Gasteiger partial charge in [0.05, 0.1) is 5.52 Å². The molecule has 1 aromatic carbocycles. The summed E-state index contributed by atoms with van der Waals surface area (Å²) in [6, 6.07) is 1.21. The van der Waals surface area contributed by atoms with Gasteiger partial charge in [-0.05, 0) is 32.8 Å². The molecule has 10 nitrogen and oxygen atoms in total. The summed E-state index contributed by atoms with van der Waals surface area (Å²) >= 11 is 0.653. The Morgan fingerprint density at radius 1 is 1.18 bits per heavy atom. The Balaban J connectivity index is 1.69. The number of aryl methyl sites for hydroxylation is 1. The predicted molar refractivity (Wildman–Crippen MR) is 141 cm³/mol. The number of sulfonamides is 1. The maximum absolute atomic E-state index is 16.4. The predicted octanol–water partition coefficient (Wildman–Crippen LogP) is 3.79. The van der Waals surface area contributed by atoms with Crippen molar-refractivity contribution in [2.75, 3.05) is 31.1 Å². The van der Waals surface area contributed by atoms with E-state index in [4.69, 9.17) is 0 Å². The zero-order chi connectivity index (χ0) is 28.3. The van der Waals surface area contributed by atoms with Crippen LogP contribution in [0.5, 0.6) is 0 Å². The Morgan fingerprint density at radius 2 is 1.85 bits per heavy atom. The average molecular weight is 586 g/mol. The SMILES string of the molecule is CCn1nc(-c2nnc(C(F)F)s2)c2cc(S(=O)(=O)NC3(C)CC3)c(F)c(N3CCN(C(=O)C(C)C)CC3)c21. The van der Waals surface area contributed by atoms with Crippen molar-refractivity contribution in [1.29, 1.82) is 0 Å². The molecule has 1 N–H and O–H groups in total. The largest absolute Gasteiger partial charge is 0.364 e. The number of carbonyl (C=O) groups excluding carboxylic acids is 1. The van der Waals surface area contributed by atoms with Crippen LogP contribution in [0.15, 0.2) is 11.0 Å². The van der Waals surface area contributed by atoms with Crippen LogP contribution in [0.2, 0.25) is 0 Å². The van der Waals surface area contributed by atoms with Gasteiger partial charge >= 0.3 is 0 Å². The molecule has 0 bridgehead atoms. The third-order valence-electron chi connectivity index (χ3n) is 7.11. The number of aromatic nitrogens is 4. The number of rotatable bonds is 8. The second-order valence-corrected chi connectivity index (χ2v) is 13.1. The van der Waals surface area contributed by atoms with E-state index in [1.165, 1.54) is 10.7 Å². The van der Waals surface area contributed by atoms with Crippen molar-refractivity contribution in [1.82, 2.24) is 29.6 Å². The maximum atomic E-state index is 16.4. The lowest BCUT2D eigenvalue weighted by Crippen LogP contribution is -2.50. The van der Waals surface area contributed by atoms with Crippen molar-refractivity contribution in [3.63, 3.8) is 0 Å². The minimum Gasteiger partial charge on any atom is -0.364 e. The van der Waals surface area contributed by atoms with E-state index in [9.17, 15) is 22.0 Å². The lowest BCUT2D eigenvalue weighted by molar-refractivity contribution is -0.134. The summed E-state index contributed by atoms with van der Waals surface area (Å²) in [5.41, 5.74) is -0.116. The van der Waals surface area contributed by atoms with E-state index in [1.54, 1.807) is 23.6 Å². The van der Waals surface area contributed by atoms with Gasteiger partial charge in [-0.15, -0.1) is 10.2 Å². The Labute approximate surface area is 228 Å². The molecule has 1 saturated heterocycles. The summed E-state index contributed by atoms with van der Waals surface area (Å²) in [6.45, 7) is 8.70. The summed E-state index contributed by atoms with van der Waals surface area (Å²) < 4.78 is 74.0. The van der Waals surface area contributed by atoms with E-state index in [-0.39, 0.29) is 46.7 Å². The molecule has 15 heteroatoms. The molecular formula is C24H30F3N7O3S2. The van der Waals surface area contributed by atoms with Crippen LogP contribution < -0.4 is 9.62 Å². The van der Waals surface area contributed by atoms with E-state index in [2.05, 4.69) is 20.0 Å². The molecule has 2 aromatic heterocycles. The summed E-state index contributed by atoms with van der Waals surface area (Å²) in [4.78, 5) is 15.4. The van der Waals surface area contributed by atoms with Gasteiger partial charge in [-0.2, -0.15) is 5.10 Å². The van der Waals surface area contributed by atoms with Crippen LogP contribution in [0.1, 0.15) is 52.0 Å². The topological polar surface area (TPSA) is 113 Å². The molecule has 0 radical (unpaired) electrons. The molecule has 39 heavy (non-hydrogen) atoms. The number of halogens is 3. The number of carbonyl (C=O) groups is 1. The first-order valence-electron chi connectivity index (χ1n) is 12.8. The first kappa shape index (κ1) is 27.8. The highest BCUT2D eigenvalue weighted by Crippen LogP contribution is 2.42. The minimum atomic E-state index is -4.28. The maximum Gasteiger partial charge on any atom is 0.291 e. The molecule has 1 saturated carbocycles. The van der Waals surface area contributed by atoms with Crippen LogP contribution in [-0.4, -0.2) is 70.9 Å². The van der Waals surface area contributed by atoms with Gasteiger partial charge in [0.25, 0.3) is 6.43 Å². The van der Waals surface area contributed by atoms with Gasteiger partial charge in [-0.1, -0.05) is 25.2 Å². The number of amides is 1. The van der Waals surface area contributed by atoms with E-state index < -0.39 is 37.7 Å². The van der Waals surface area contributed by atoms with Crippen molar-refractivity contribution in [2.24, 2.45) is 5.92 Å². The fourth-order valence-electron chi connectivity index (χ4n) is 4.75. The van der Waals surface area contributed by atoms with Gasteiger partial charge < -0.3 is 9.80 Å². The van der Waals surface area contributed by atoms with Gasteiger partial charge in [0.2, 0.25) is 15.9 Å². The fraction of sp³-hybridized carbons (Fsp3) is 0.583. The highest BCUT2D eigenvalue weighted by Gasteiger charge is 2.43. The third-order valence-corrected chi connectivity index (χ3v) is 9.69. The molecule has 2 fully saturated rings. The van der Waals surface area contributed by atoms with Crippen molar-refractivity contribution in [3.8, 4) is 10.7 Å². The fourth-order valence-corrected chi connectivity index (χ4v) is 7.02. The summed E-state index contributed by atoms with van der Waals surface area (Å²) in [7, 11) is -4.28. The number of piperazine rings is 1. The molecule has 5 rings (SSSR count). The van der Waals surface area contributed by atoms with Crippen LogP contribution >= 0.6 is 11.3 Å². The smallest absolute Gasteiger partial charge is 0.291 e. The van der Waals surface area contributed by atoms with Crippen LogP contribution in [0, 0.1) is 11.7 Å². The van der Waals surface area contributed by atoms with Crippen LogP contribution in [0.3, 0.4) is 0 Å². The molecule has 0 atom stereocenters.